The van der Waals surface area contributed by atoms with Crippen molar-refractivity contribution < 1.29 is 9.53 Å². The van der Waals surface area contributed by atoms with Crippen molar-refractivity contribution in [2.75, 3.05) is 13.2 Å². The fraction of sp³-hybridized carbons (Fsp3) is 0.471. The van der Waals surface area contributed by atoms with Crippen molar-refractivity contribution in [3.05, 3.63) is 46.0 Å². The van der Waals surface area contributed by atoms with Crippen LogP contribution in [0.25, 0.3) is 5.65 Å². The summed E-state index contributed by atoms with van der Waals surface area (Å²) in [5, 5.41) is 0. The highest BCUT2D eigenvalue weighted by Gasteiger charge is 2.39. The number of aromatic nitrogens is 2. The lowest BCUT2D eigenvalue weighted by Gasteiger charge is -2.37. The molecule has 0 unspecified atom stereocenters. The molecule has 6 nitrogen and oxygen atoms in total. The van der Waals surface area contributed by atoms with Gasteiger partial charge in [-0.05, 0) is 37.8 Å². The average molecular weight is 313 g/mol. The number of aryl methyl sites for hydroxylation is 1. The van der Waals surface area contributed by atoms with Crippen molar-refractivity contribution in [3.8, 4) is 0 Å². The van der Waals surface area contributed by atoms with E-state index in [1.54, 1.807) is 12.3 Å². The van der Waals surface area contributed by atoms with Crippen LogP contribution in [0.2, 0.25) is 0 Å². The molecule has 1 aliphatic heterocycles. The minimum Gasteiger partial charge on any atom is -0.374 e. The van der Waals surface area contributed by atoms with Gasteiger partial charge in [0.15, 0.2) is 0 Å². The third kappa shape index (κ3) is 2.34. The van der Waals surface area contributed by atoms with E-state index in [9.17, 15) is 9.59 Å². The number of carbonyl (C=O) groups excluding carboxylic acids is 1. The first-order valence-electron chi connectivity index (χ1n) is 8.06. The van der Waals surface area contributed by atoms with E-state index in [1.807, 2.05) is 17.9 Å². The van der Waals surface area contributed by atoms with Crippen molar-refractivity contribution in [2.45, 2.75) is 38.3 Å². The summed E-state index contributed by atoms with van der Waals surface area (Å²) in [6.45, 7) is 2.98. The average Bonchev–Trinajstić information content (AvgIpc) is 3.04. The number of carbonyl (C=O) groups is 1. The van der Waals surface area contributed by atoms with Crippen LogP contribution >= 0.6 is 0 Å². The molecule has 3 heterocycles. The summed E-state index contributed by atoms with van der Waals surface area (Å²) in [7, 11) is 0. The maximum Gasteiger partial charge on any atom is 0.270 e. The number of rotatable bonds is 1. The lowest BCUT2D eigenvalue weighted by molar-refractivity contribution is -0.0446. The zero-order chi connectivity index (χ0) is 16.0. The molecule has 2 aromatic rings. The molecular weight excluding hydrogens is 294 g/mol. The van der Waals surface area contributed by atoms with Gasteiger partial charge in [0.2, 0.25) is 0 Å². The fourth-order valence-corrected chi connectivity index (χ4v) is 3.66. The van der Waals surface area contributed by atoms with Crippen LogP contribution in [-0.4, -0.2) is 45.5 Å². The van der Waals surface area contributed by atoms with Crippen LogP contribution in [-0.2, 0) is 4.74 Å². The Balaban J connectivity index is 1.75. The predicted molar refractivity (Wildman–Crippen MR) is 84.6 cm³/mol. The second-order valence-electron chi connectivity index (χ2n) is 6.32. The molecule has 1 aliphatic carbocycles. The van der Waals surface area contributed by atoms with Crippen LogP contribution in [0.1, 0.15) is 35.2 Å². The summed E-state index contributed by atoms with van der Waals surface area (Å²) in [6.07, 6.45) is 6.24. The highest BCUT2D eigenvalue weighted by Crippen LogP contribution is 2.30. The van der Waals surface area contributed by atoms with Crippen molar-refractivity contribution in [1.29, 1.82) is 0 Å². The molecule has 2 aliphatic rings. The molecule has 2 fully saturated rings. The second kappa shape index (κ2) is 5.45. The summed E-state index contributed by atoms with van der Waals surface area (Å²) >= 11 is 0. The molecule has 0 aromatic carbocycles. The Morgan fingerprint density at radius 2 is 2.22 bits per heavy atom. The normalized spacial score (nSPS) is 24.0. The molecule has 2 atom stereocenters. The molecule has 6 heteroatoms. The number of fused-ring (bicyclic) bond motifs is 2. The number of hydrogen-bond acceptors (Lipinski definition) is 4. The molecule has 23 heavy (non-hydrogen) atoms. The van der Waals surface area contributed by atoms with Crippen LogP contribution in [0, 0.1) is 6.92 Å². The first-order valence-corrected chi connectivity index (χ1v) is 8.06. The Bertz CT molecular complexity index is 829. The smallest absolute Gasteiger partial charge is 0.270 e. The number of nitrogens with zero attached hydrogens (tertiary/aromatic N) is 3. The predicted octanol–water partition coefficient (Wildman–Crippen LogP) is 1.40. The molecule has 1 amide bonds. The fourth-order valence-electron chi connectivity index (χ4n) is 3.66. The number of pyridine rings is 1. The van der Waals surface area contributed by atoms with E-state index in [0.29, 0.717) is 18.8 Å². The highest BCUT2D eigenvalue weighted by molar-refractivity contribution is 5.94. The van der Waals surface area contributed by atoms with Crippen LogP contribution in [0.15, 0.2) is 29.3 Å². The molecule has 120 valence electrons. The van der Waals surface area contributed by atoms with E-state index in [2.05, 4.69) is 4.98 Å². The van der Waals surface area contributed by atoms with Crippen molar-refractivity contribution in [3.63, 3.8) is 0 Å². The van der Waals surface area contributed by atoms with E-state index >= 15 is 0 Å². The Hall–Kier alpha value is -2.21. The monoisotopic (exact) mass is 313 g/mol. The van der Waals surface area contributed by atoms with Gasteiger partial charge >= 0.3 is 0 Å². The molecule has 4 rings (SSSR count). The summed E-state index contributed by atoms with van der Waals surface area (Å²) in [4.78, 5) is 31.7. The van der Waals surface area contributed by atoms with Gasteiger partial charge in [-0.1, -0.05) is 6.07 Å². The van der Waals surface area contributed by atoms with Gasteiger partial charge in [-0.25, -0.2) is 4.98 Å². The number of ether oxygens (including phenoxy) is 1. The van der Waals surface area contributed by atoms with Gasteiger partial charge in [0.25, 0.3) is 11.5 Å². The van der Waals surface area contributed by atoms with Crippen LogP contribution < -0.4 is 5.56 Å². The summed E-state index contributed by atoms with van der Waals surface area (Å²) in [5.74, 6) is -0.224. The molecule has 0 N–H and O–H groups in total. The summed E-state index contributed by atoms with van der Waals surface area (Å²) in [6, 6.07) is 3.77. The molecular formula is C17H19N3O3. The first-order chi connectivity index (χ1) is 11.1. The maximum atomic E-state index is 12.9. The second-order valence-corrected chi connectivity index (χ2v) is 6.32. The Morgan fingerprint density at radius 3 is 3.09 bits per heavy atom. The highest BCUT2D eigenvalue weighted by atomic mass is 16.5. The van der Waals surface area contributed by atoms with E-state index in [4.69, 9.17) is 4.74 Å². The van der Waals surface area contributed by atoms with Gasteiger partial charge in [0, 0.05) is 18.9 Å². The van der Waals surface area contributed by atoms with Gasteiger partial charge in [0.05, 0.1) is 18.8 Å². The summed E-state index contributed by atoms with van der Waals surface area (Å²) in [5.41, 5.74) is 1.34. The van der Waals surface area contributed by atoms with E-state index in [0.717, 1.165) is 24.8 Å². The lowest BCUT2D eigenvalue weighted by Crippen LogP contribution is -2.52. The van der Waals surface area contributed by atoms with E-state index in [-0.39, 0.29) is 29.2 Å². The summed E-state index contributed by atoms with van der Waals surface area (Å²) < 4.78 is 7.20. The molecule has 0 bridgehead atoms. The minimum atomic E-state index is -0.301. The van der Waals surface area contributed by atoms with Gasteiger partial charge in [-0.2, -0.15) is 0 Å². The van der Waals surface area contributed by atoms with Gasteiger partial charge in [0.1, 0.15) is 11.2 Å². The van der Waals surface area contributed by atoms with Crippen molar-refractivity contribution >= 4 is 11.6 Å². The topological polar surface area (TPSA) is 63.9 Å². The lowest BCUT2D eigenvalue weighted by atomic mass is 10.1. The molecule has 0 radical (unpaired) electrons. The SMILES string of the molecule is Cc1ccc2ncc(C(=O)N3CCO[C@@H]4CCC[C@@H]43)c(=O)n2c1. The van der Waals surface area contributed by atoms with E-state index in [1.165, 1.54) is 10.6 Å². The Morgan fingerprint density at radius 1 is 1.35 bits per heavy atom. The number of hydrogen-bond donors (Lipinski definition) is 0. The molecule has 1 saturated carbocycles. The van der Waals surface area contributed by atoms with Gasteiger partial charge < -0.3 is 9.64 Å². The zero-order valence-electron chi connectivity index (χ0n) is 13.1. The zero-order valence-corrected chi connectivity index (χ0v) is 13.1. The molecule has 1 saturated heterocycles. The van der Waals surface area contributed by atoms with Crippen LogP contribution in [0.5, 0.6) is 0 Å². The molecule has 2 aromatic heterocycles. The largest absolute Gasteiger partial charge is 0.374 e. The Labute approximate surface area is 133 Å². The van der Waals surface area contributed by atoms with Crippen molar-refractivity contribution in [1.82, 2.24) is 14.3 Å². The number of amides is 1. The standard InChI is InChI=1S/C17H19N3O3/c1-11-5-6-15-18-9-12(17(22)20(15)10-11)16(21)19-7-8-23-14-4-2-3-13(14)19/h5-6,9-10,13-14H,2-4,7-8H2,1H3/t13-,14+/m0/s1. The van der Waals surface area contributed by atoms with Crippen LogP contribution in [0.3, 0.4) is 0 Å². The third-order valence-corrected chi connectivity index (χ3v) is 4.82. The first kappa shape index (κ1) is 14.4. The molecule has 0 spiro atoms. The maximum absolute atomic E-state index is 12.9. The van der Waals surface area contributed by atoms with Gasteiger partial charge in [-0.15, -0.1) is 0 Å². The Kier molecular flexibility index (Phi) is 3.41. The van der Waals surface area contributed by atoms with Crippen molar-refractivity contribution in [2.24, 2.45) is 0 Å². The quantitative estimate of drug-likeness (QED) is 0.798. The van der Waals surface area contributed by atoms with Gasteiger partial charge in [-0.3, -0.25) is 14.0 Å². The third-order valence-electron chi connectivity index (χ3n) is 4.82. The van der Waals surface area contributed by atoms with E-state index < -0.39 is 0 Å². The minimum absolute atomic E-state index is 0.0915. The number of morpholine rings is 1. The van der Waals surface area contributed by atoms with Crippen LogP contribution in [0.4, 0.5) is 0 Å².